The van der Waals surface area contributed by atoms with E-state index in [9.17, 15) is 28.3 Å². The first-order chi connectivity index (χ1) is 25.4. The fraction of sp³-hybridized carbons (Fsp3) is 0.463. The van der Waals surface area contributed by atoms with E-state index >= 15 is 0 Å². The predicted molar refractivity (Wildman–Crippen MR) is 204 cm³/mol. The lowest BCUT2D eigenvalue weighted by molar-refractivity contribution is 0.00836. The molecule has 0 saturated carbocycles. The molecule has 3 amide bonds. The van der Waals surface area contributed by atoms with Crippen LogP contribution in [-0.2, 0) is 22.5 Å². The summed E-state index contributed by atoms with van der Waals surface area (Å²) in [5, 5.41) is 18.8. The van der Waals surface area contributed by atoms with Crippen molar-refractivity contribution in [2.45, 2.75) is 85.6 Å². The van der Waals surface area contributed by atoms with Crippen LogP contribution in [0.15, 0.2) is 65.8 Å². The molecule has 0 heterocycles. The highest BCUT2D eigenvalue weighted by Gasteiger charge is 2.30. The van der Waals surface area contributed by atoms with Crippen LogP contribution in [0.1, 0.15) is 92.3 Å². The van der Waals surface area contributed by atoms with Crippen LogP contribution in [0.3, 0.4) is 0 Å². The molecule has 2 N–H and O–H groups in total. The summed E-state index contributed by atoms with van der Waals surface area (Å²) >= 11 is 0. The second-order valence-corrected chi connectivity index (χ2v) is 14.7. The molecule has 3 aromatic rings. The molecule has 54 heavy (non-hydrogen) atoms. The van der Waals surface area contributed by atoms with Crippen molar-refractivity contribution < 1.29 is 42.6 Å². The van der Waals surface area contributed by atoms with Gasteiger partial charge < -0.3 is 34.5 Å². The molecule has 0 aliphatic rings. The largest absolute Gasteiger partial charge is 0.497 e. The summed E-state index contributed by atoms with van der Waals surface area (Å²) in [5.74, 6) is -1.89. The number of methoxy groups -OCH3 is 1. The molecule has 0 aromatic heterocycles. The van der Waals surface area contributed by atoms with Crippen molar-refractivity contribution in [2.24, 2.45) is 11.1 Å². The Hall–Kier alpha value is -5.04. The standard InChI is InChI=1S/C41H54F2N4O7/c1-10-14-46(8)39(50)32-20-30(27(4)45-53-25-26(2)3)19-31(21-32)38(49)44-36(18-29-15-33(42)22-34(43)16-29)37(48)24-47(40(51)54-41(5,6)7)23-28-12-11-13-35(17-28)52-9/h11-13,15-17,19-22,26,36-37,48H,10,14,18,23-25H2,1-9H3,(H,44,49)/t36-,37+/m0/s1. The number of aliphatic hydroxyl groups is 1. The Labute approximate surface area is 317 Å². The quantitative estimate of drug-likeness (QED) is 0.112. The summed E-state index contributed by atoms with van der Waals surface area (Å²) in [6, 6.07) is 13.4. The highest BCUT2D eigenvalue weighted by Crippen LogP contribution is 2.20. The molecule has 0 unspecified atom stereocenters. The lowest BCUT2D eigenvalue weighted by atomic mass is 9.98. The molecule has 11 nitrogen and oxygen atoms in total. The van der Waals surface area contributed by atoms with E-state index in [0.717, 1.165) is 24.6 Å². The van der Waals surface area contributed by atoms with Gasteiger partial charge >= 0.3 is 6.09 Å². The van der Waals surface area contributed by atoms with Crippen molar-refractivity contribution in [1.82, 2.24) is 15.1 Å². The second kappa shape index (κ2) is 19.9. The molecular weight excluding hydrogens is 698 g/mol. The van der Waals surface area contributed by atoms with Gasteiger partial charge in [0, 0.05) is 42.9 Å². The zero-order valence-electron chi connectivity index (χ0n) is 32.7. The van der Waals surface area contributed by atoms with Crippen molar-refractivity contribution in [2.75, 3.05) is 33.9 Å². The van der Waals surface area contributed by atoms with Gasteiger partial charge in [-0.2, -0.15) is 0 Å². The number of halogens is 2. The van der Waals surface area contributed by atoms with Crippen molar-refractivity contribution in [3.05, 3.63) is 100 Å². The van der Waals surface area contributed by atoms with Gasteiger partial charge in [0.2, 0.25) is 0 Å². The molecule has 0 aliphatic carbocycles. The molecule has 0 fully saturated rings. The maximum atomic E-state index is 14.4. The molecule has 2 atom stereocenters. The lowest BCUT2D eigenvalue weighted by Crippen LogP contribution is -2.51. The van der Waals surface area contributed by atoms with Gasteiger partial charge in [-0.3, -0.25) is 9.59 Å². The van der Waals surface area contributed by atoms with E-state index in [-0.39, 0.29) is 48.0 Å². The Balaban J connectivity index is 2.06. The number of oxime groups is 1. The summed E-state index contributed by atoms with van der Waals surface area (Å²) in [6.07, 6.45) is -1.69. The van der Waals surface area contributed by atoms with Crippen molar-refractivity contribution in [1.29, 1.82) is 0 Å². The molecule has 13 heteroatoms. The first kappa shape index (κ1) is 43.4. The van der Waals surface area contributed by atoms with Gasteiger partial charge in [0.15, 0.2) is 0 Å². The average molecular weight is 753 g/mol. The topological polar surface area (TPSA) is 130 Å². The Bertz CT molecular complexity index is 1760. The number of rotatable bonds is 17. The molecule has 3 aromatic carbocycles. The fourth-order valence-electron chi connectivity index (χ4n) is 5.48. The van der Waals surface area contributed by atoms with Gasteiger partial charge in [0.1, 0.15) is 29.6 Å². The number of hydrogen-bond donors (Lipinski definition) is 2. The van der Waals surface area contributed by atoms with Gasteiger partial charge in [-0.15, -0.1) is 0 Å². The first-order valence-corrected chi connectivity index (χ1v) is 18.0. The summed E-state index contributed by atoms with van der Waals surface area (Å²) in [4.78, 5) is 49.4. The van der Waals surface area contributed by atoms with Crippen LogP contribution < -0.4 is 10.1 Å². The number of hydrogen-bond acceptors (Lipinski definition) is 8. The van der Waals surface area contributed by atoms with E-state index in [2.05, 4.69) is 10.5 Å². The number of ether oxygens (including phenoxy) is 2. The molecule has 0 aliphatic heterocycles. The van der Waals surface area contributed by atoms with E-state index in [1.54, 1.807) is 76.0 Å². The van der Waals surface area contributed by atoms with E-state index in [0.29, 0.717) is 35.7 Å². The third-order valence-electron chi connectivity index (χ3n) is 8.10. The van der Waals surface area contributed by atoms with E-state index < -0.39 is 41.4 Å². The van der Waals surface area contributed by atoms with E-state index in [1.165, 1.54) is 18.1 Å². The van der Waals surface area contributed by atoms with Gasteiger partial charge in [-0.1, -0.05) is 38.1 Å². The Morgan fingerprint density at radius 1 is 0.944 bits per heavy atom. The highest BCUT2D eigenvalue weighted by atomic mass is 19.1. The maximum Gasteiger partial charge on any atom is 0.410 e. The van der Waals surface area contributed by atoms with Crippen molar-refractivity contribution in [3.8, 4) is 5.75 Å². The molecule has 0 spiro atoms. The molecule has 294 valence electrons. The van der Waals surface area contributed by atoms with Crippen molar-refractivity contribution in [3.63, 3.8) is 0 Å². The molecule has 0 bridgehead atoms. The zero-order chi connectivity index (χ0) is 40.2. The van der Waals surface area contributed by atoms with Crippen LogP contribution in [0.2, 0.25) is 0 Å². The second-order valence-electron chi connectivity index (χ2n) is 14.7. The van der Waals surface area contributed by atoms with Gasteiger partial charge in [-0.05, 0) is 100 Å². The van der Waals surface area contributed by atoms with Gasteiger partial charge in [0.05, 0.1) is 31.5 Å². The van der Waals surface area contributed by atoms with E-state index in [1.807, 2.05) is 20.8 Å². The maximum absolute atomic E-state index is 14.4. The number of benzene rings is 3. The minimum Gasteiger partial charge on any atom is -0.497 e. The fourth-order valence-corrected chi connectivity index (χ4v) is 5.48. The van der Waals surface area contributed by atoms with Gasteiger partial charge in [0.25, 0.3) is 11.8 Å². The molecule has 3 rings (SSSR count). The summed E-state index contributed by atoms with van der Waals surface area (Å²) in [5.41, 5.74) is 1.15. The third kappa shape index (κ3) is 13.7. The van der Waals surface area contributed by atoms with Crippen LogP contribution >= 0.6 is 0 Å². The Morgan fingerprint density at radius 3 is 2.20 bits per heavy atom. The highest BCUT2D eigenvalue weighted by molar-refractivity contribution is 6.06. The monoisotopic (exact) mass is 752 g/mol. The number of nitrogens with one attached hydrogen (secondary N) is 1. The number of carbonyl (C=O) groups is 3. The number of nitrogens with zero attached hydrogens (tertiary/aromatic N) is 3. The number of amides is 3. The molecule has 0 saturated heterocycles. The minimum absolute atomic E-state index is 0.00865. The van der Waals surface area contributed by atoms with Crippen molar-refractivity contribution >= 4 is 23.6 Å². The molecular formula is C41H54F2N4O7. The summed E-state index contributed by atoms with van der Waals surface area (Å²) in [6.45, 7) is 13.2. The lowest BCUT2D eigenvalue weighted by Gasteiger charge is -2.32. The third-order valence-corrected chi connectivity index (χ3v) is 8.10. The first-order valence-electron chi connectivity index (χ1n) is 18.0. The average Bonchev–Trinajstić information content (AvgIpc) is 3.09. The number of aliphatic hydroxyl groups excluding tert-OH is 1. The van der Waals surface area contributed by atoms with Crippen LogP contribution in [-0.4, -0.2) is 90.1 Å². The SMILES string of the molecule is CCCN(C)C(=O)c1cc(C(=O)N[C@@H](Cc2cc(F)cc(F)c2)[C@H](O)CN(Cc2cccc(OC)c2)C(=O)OC(C)(C)C)cc(C(C)=NOCC(C)C)c1. The molecule has 0 radical (unpaired) electrons. The Kier molecular flexibility index (Phi) is 16.0. The summed E-state index contributed by atoms with van der Waals surface area (Å²) in [7, 11) is 3.18. The van der Waals surface area contributed by atoms with Gasteiger partial charge in [-0.25, -0.2) is 13.6 Å². The summed E-state index contributed by atoms with van der Waals surface area (Å²) < 4.78 is 39.7. The van der Waals surface area contributed by atoms with E-state index in [4.69, 9.17) is 14.3 Å². The Morgan fingerprint density at radius 2 is 1.59 bits per heavy atom. The van der Waals surface area contributed by atoms with Crippen LogP contribution in [0.5, 0.6) is 5.75 Å². The smallest absolute Gasteiger partial charge is 0.410 e. The minimum atomic E-state index is -1.47. The number of carbonyl (C=O) groups excluding carboxylic acids is 3. The van der Waals surface area contributed by atoms with Crippen LogP contribution in [0, 0.1) is 17.6 Å². The normalized spacial score (nSPS) is 12.9. The van der Waals surface area contributed by atoms with Crippen LogP contribution in [0.4, 0.5) is 13.6 Å². The van der Waals surface area contributed by atoms with Crippen LogP contribution in [0.25, 0.3) is 0 Å². The predicted octanol–water partition coefficient (Wildman–Crippen LogP) is 6.99. The zero-order valence-corrected chi connectivity index (χ0v) is 32.7.